The smallest absolute Gasteiger partial charge is 0.224 e. The number of rotatable bonds is 8. The van der Waals surface area contributed by atoms with Gasteiger partial charge in [-0.15, -0.1) is 0 Å². The van der Waals surface area contributed by atoms with Gasteiger partial charge in [-0.25, -0.2) is 0 Å². The molecule has 1 amide bonds. The van der Waals surface area contributed by atoms with Crippen molar-refractivity contribution in [1.82, 2.24) is 0 Å². The highest BCUT2D eigenvalue weighted by Crippen LogP contribution is 2.25. The molecule has 2 aromatic carbocycles. The summed E-state index contributed by atoms with van der Waals surface area (Å²) in [7, 11) is 4.05. The minimum Gasteiger partial charge on any atom is -0.378 e. The second kappa shape index (κ2) is 9.67. The molecule has 2 rings (SSSR count). The zero-order valence-electron chi connectivity index (χ0n) is 16.5. The number of nitrogens with zero attached hydrogens (tertiary/aromatic N) is 1. The van der Waals surface area contributed by atoms with Gasteiger partial charge in [0.25, 0.3) is 0 Å². The second-order valence-corrected chi connectivity index (χ2v) is 8.62. The summed E-state index contributed by atoms with van der Waals surface area (Å²) in [4.78, 5) is 14.4. The van der Waals surface area contributed by atoms with Crippen LogP contribution in [0, 0.1) is 6.92 Å². The van der Waals surface area contributed by atoms with E-state index in [1.807, 2.05) is 38.0 Å². The lowest BCUT2D eigenvalue weighted by atomic mass is 10.1. The van der Waals surface area contributed by atoms with Gasteiger partial charge < -0.3 is 10.2 Å². The molecule has 0 aliphatic rings. The Morgan fingerprint density at radius 3 is 2.42 bits per heavy atom. The number of anilines is 2. The van der Waals surface area contributed by atoms with Crippen molar-refractivity contribution < 1.29 is 4.79 Å². The van der Waals surface area contributed by atoms with Crippen molar-refractivity contribution in [2.45, 2.75) is 44.6 Å². The Bertz CT molecular complexity index is 723. The van der Waals surface area contributed by atoms with Crippen molar-refractivity contribution >= 4 is 29.0 Å². The molecule has 1 N–H and O–H groups in total. The molecule has 0 fully saturated rings. The molecule has 0 aromatic heterocycles. The molecule has 4 heteroatoms. The van der Waals surface area contributed by atoms with E-state index in [4.69, 9.17) is 0 Å². The minimum atomic E-state index is 0.0680. The van der Waals surface area contributed by atoms with Crippen LogP contribution in [0.25, 0.3) is 0 Å². The number of nitrogens with one attached hydrogen (secondary N) is 1. The first-order valence-electron chi connectivity index (χ1n) is 9.13. The molecule has 0 atom stereocenters. The quantitative estimate of drug-likeness (QED) is 0.687. The largest absolute Gasteiger partial charge is 0.378 e. The average molecular weight is 371 g/mol. The minimum absolute atomic E-state index is 0.0680. The van der Waals surface area contributed by atoms with Gasteiger partial charge in [-0.2, -0.15) is 11.8 Å². The number of hydrogen-bond acceptors (Lipinski definition) is 3. The third-order valence-corrected chi connectivity index (χ3v) is 5.53. The summed E-state index contributed by atoms with van der Waals surface area (Å²) < 4.78 is 0. The molecule has 140 valence electrons. The standard InChI is InChI=1S/C22H30N2OS/c1-16(2)26-15-19-7-6-8-21(17(19)3)23-22(25)14-11-18-9-12-20(13-10-18)24(4)5/h6-10,12-13,16H,11,14-15H2,1-5H3,(H,23,25). The maximum atomic E-state index is 12.4. The number of benzene rings is 2. The maximum Gasteiger partial charge on any atom is 0.224 e. The summed E-state index contributed by atoms with van der Waals surface area (Å²) in [5.74, 6) is 1.05. The summed E-state index contributed by atoms with van der Waals surface area (Å²) in [6.07, 6.45) is 1.24. The Balaban J connectivity index is 1.92. The van der Waals surface area contributed by atoms with Gasteiger partial charge in [-0.05, 0) is 53.5 Å². The molecule has 2 aromatic rings. The van der Waals surface area contributed by atoms with Crippen LogP contribution in [-0.4, -0.2) is 25.3 Å². The third kappa shape index (κ3) is 6.10. The van der Waals surface area contributed by atoms with Crippen LogP contribution < -0.4 is 10.2 Å². The Morgan fingerprint density at radius 1 is 1.12 bits per heavy atom. The topological polar surface area (TPSA) is 32.3 Å². The van der Waals surface area contributed by atoms with Crippen LogP contribution in [0.1, 0.15) is 37.0 Å². The predicted octanol–water partition coefficient (Wildman–Crippen LogP) is 5.27. The van der Waals surface area contributed by atoms with E-state index in [1.165, 1.54) is 22.4 Å². The molecular formula is C22H30N2OS. The fourth-order valence-electron chi connectivity index (χ4n) is 2.66. The molecular weight excluding hydrogens is 340 g/mol. The number of hydrogen-bond donors (Lipinski definition) is 1. The zero-order chi connectivity index (χ0) is 19.1. The Morgan fingerprint density at radius 2 is 1.81 bits per heavy atom. The molecule has 3 nitrogen and oxygen atoms in total. The van der Waals surface area contributed by atoms with Crippen molar-refractivity contribution in [2.75, 3.05) is 24.3 Å². The van der Waals surface area contributed by atoms with E-state index in [2.05, 4.69) is 61.3 Å². The summed E-state index contributed by atoms with van der Waals surface area (Å²) in [5, 5.41) is 3.68. The second-order valence-electron chi connectivity index (χ2n) is 7.06. The van der Waals surface area contributed by atoms with Crippen molar-refractivity contribution in [1.29, 1.82) is 0 Å². The van der Waals surface area contributed by atoms with Gasteiger partial charge >= 0.3 is 0 Å². The fraction of sp³-hybridized carbons (Fsp3) is 0.409. The highest BCUT2D eigenvalue weighted by molar-refractivity contribution is 7.99. The molecule has 26 heavy (non-hydrogen) atoms. The first-order chi connectivity index (χ1) is 12.4. The van der Waals surface area contributed by atoms with Gasteiger partial charge in [0.05, 0.1) is 0 Å². The van der Waals surface area contributed by atoms with Gasteiger partial charge in [0.1, 0.15) is 0 Å². The maximum absolute atomic E-state index is 12.4. The molecule has 0 radical (unpaired) electrons. The van der Waals surface area contributed by atoms with Crippen LogP contribution in [0.3, 0.4) is 0 Å². The SMILES string of the molecule is Cc1c(CSC(C)C)cccc1NC(=O)CCc1ccc(N(C)C)cc1. The third-order valence-electron chi connectivity index (χ3n) is 4.39. The number of aryl methyl sites for hydroxylation is 1. The first kappa shape index (κ1) is 20.4. The van der Waals surface area contributed by atoms with Gasteiger partial charge in [-0.3, -0.25) is 4.79 Å². The number of carbonyl (C=O) groups is 1. The average Bonchev–Trinajstić information content (AvgIpc) is 2.61. The van der Waals surface area contributed by atoms with Gasteiger partial charge in [0.15, 0.2) is 0 Å². The van der Waals surface area contributed by atoms with Crippen LogP contribution in [0.4, 0.5) is 11.4 Å². The summed E-state index contributed by atoms with van der Waals surface area (Å²) in [5.41, 5.74) is 5.75. The summed E-state index contributed by atoms with van der Waals surface area (Å²) in [6, 6.07) is 14.5. The lowest BCUT2D eigenvalue weighted by molar-refractivity contribution is -0.116. The Hall–Kier alpha value is -1.94. The van der Waals surface area contributed by atoms with Gasteiger partial charge in [0, 0.05) is 37.6 Å². The first-order valence-corrected chi connectivity index (χ1v) is 10.2. The Kier molecular flexibility index (Phi) is 7.58. The molecule has 0 saturated heterocycles. The summed E-state index contributed by atoms with van der Waals surface area (Å²) >= 11 is 1.92. The number of carbonyl (C=O) groups excluding carboxylic acids is 1. The van der Waals surface area contributed by atoms with Crippen LogP contribution in [0.5, 0.6) is 0 Å². The molecule has 0 spiro atoms. The molecule has 0 aliphatic carbocycles. The molecule has 0 aliphatic heterocycles. The van der Waals surface area contributed by atoms with Crippen molar-refractivity contribution in [3.8, 4) is 0 Å². The lowest BCUT2D eigenvalue weighted by Gasteiger charge is -2.14. The van der Waals surface area contributed by atoms with Crippen LogP contribution in [0.15, 0.2) is 42.5 Å². The lowest BCUT2D eigenvalue weighted by Crippen LogP contribution is -2.14. The number of thioether (sulfide) groups is 1. The van der Waals surface area contributed by atoms with E-state index in [-0.39, 0.29) is 5.91 Å². The number of amides is 1. The molecule has 0 heterocycles. The van der Waals surface area contributed by atoms with Crippen molar-refractivity contribution in [2.24, 2.45) is 0 Å². The molecule has 0 bridgehead atoms. The van der Waals surface area contributed by atoms with Gasteiger partial charge in [0.2, 0.25) is 5.91 Å². The van der Waals surface area contributed by atoms with Crippen molar-refractivity contribution in [3.05, 3.63) is 59.2 Å². The van der Waals surface area contributed by atoms with E-state index < -0.39 is 0 Å². The van der Waals surface area contributed by atoms with Crippen LogP contribution in [-0.2, 0) is 17.0 Å². The fourth-order valence-corrected chi connectivity index (χ4v) is 3.49. The Labute approximate surface area is 162 Å². The van der Waals surface area contributed by atoms with E-state index in [9.17, 15) is 4.79 Å². The van der Waals surface area contributed by atoms with E-state index in [0.29, 0.717) is 11.7 Å². The van der Waals surface area contributed by atoms with E-state index in [0.717, 1.165) is 17.9 Å². The van der Waals surface area contributed by atoms with E-state index >= 15 is 0 Å². The van der Waals surface area contributed by atoms with Gasteiger partial charge in [-0.1, -0.05) is 38.1 Å². The van der Waals surface area contributed by atoms with Crippen LogP contribution in [0.2, 0.25) is 0 Å². The molecule has 0 saturated carbocycles. The summed E-state index contributed by atoms with van der Waals surface area (Å²) in [6.45, 7) is 6.50. The highest BCUT2D eigenvalue weighted by atomic mass is 32.2. The van der Waals surface area contributed by atoms with Crippen LogP contribution >= 0.6 is 11.8 Å². The highest BCUT2D eigenvalue weighted by Gasteiger charge is 2.09. The normalized spacial score (nSPS) is 10.8. The monoisotopic (exact) mass is 370 g/mol. The van der Waals surface area contributed by atoms with E-state index in [1.54, 1.807) is 0 Å². The molecule has 0 unspecified atom stereocenters. The van der Waals surface area contributed by atoms with Crippen molar-refractivity contribution in [3.63, 3.8) is 0 Å². The zero-order valence-corrected chi connectivity index (χ0v) is 17.3. The predicted molar refractivity (Wildman–Crippen MR) is 115 cm³/mol.